The van der Waals surface area contributed by atoms with Gasteiger partial charge in [-0.15, -0.1) is 0 Å². The number of aryl methyl sites for hydroxylation is 1. The Kier molecular flexibility index (Phi) is 15.7. The van der Waals surface area contributed by atoms with Gasteiger partial charge in [-0.05, 0) is 79.3 Å². The van der Waals surface area contributed by atoms with Gasteiger partial charge in [0.2, 0.25) is 15.9 Å². The molecule has 11 nitrogen and oxygen atoms in total. The molecule has 3 aromatic rings. The topological polar surface area (TPSA) is 144 Å². The monoisotopic (exact) mass is 689 g/mol. The number of aliphatic carboxylic acids is 1. The molecule has 0 saturated carbocycles. The fourth-order valence-electron chi connectivity index (χ4n) is 4.89. The van der Waals surface area contributed by atoms with Crippen LogP contribution in [0.15, 0.2) is 65.8 Å². The van der Waals surface area contributed by atoms with Crippen molar-refractivity contribution in [3.63, 3.8) is 0 Å². The maximum absolute atomic E-state index is 14.1. The molecular formula is C34H44ClN3O8S. The number of hydrogen-bond donors (Lipinski definition) is 2. The summed E-state index contributed by atoms with van der Waals surface area (Å²) < 4.78 is 45.6. The summed E-state index contributed by atoms with van der Waals surface area (Å²) in [6.45, 7) is 7.69. The third-order valence-electron chi connectivity index (χ3n) is 7.49. The molecule has 0 fully saturated rings. The zero-order valence-corrected chi connectivity index (χ0v) is 28.7. The third-order valence-corrected chi connectivity index (χ3v) is 10.0. The highest BCUT2D eigenvalue weighted by molar-refractivity contribution is 7.89. The number of hydrogen-bond acceptors (Lipinski definition) is 8. The SMILES string of the molecule is Cc1cnccc1-c1cccc(C(C)N(CCCC(=O)NCCOCCOCCOCCC(=O)O)S(=O)(=O)c2cccc(Cl)c2C)c1. The van der Waals surface area contributed by atoms with E-state index >= 15 is 0 Å². The Morgan fingerprint density at radius 1 is 0.957 bits per heavy atom. The molecule has 3 rings (SSSR count). The van der Waals surface area contributed by atoms with Crippen molar-refractivity contribution >= 4 is 33.5 Å². The van der Waals surface area contributed by atoms with Gasteiger partial charge in [-0.1, -0.05) is 35.9 Å². The molecule has 2 N–H and O–H groups in total. The van der Waals surface area contributed by atoms with Crippen LogP contribution in [0.1, 0.15) is 48.9 Å². The Labute approximate surface area is 282 Å². The maximum Gasteiger partial charge on any atom is 0.305 e. The molecular weight excluding hydrogens is 646 g/mol. The Morgan fingerprint density at radius 3 is 2.34 bits per heavy atom. The number of carbonyl (C=O) groups excluding carboxylic acids is 1. The van der Waals surface area contributed by atoms with Crippen molar-refractivity contribution in [1.29, 1.82) is 0 Å². The number of aromatic nitrogens is 1. The number of nitrogens with one attached hydrogen (secondary N) is 1. The lowest BCUT2D eigenvalue weighted by molar-refractivity contribution is -0.138. The van der Waals surface area contributed by atoms with Crippen LogP contribution in [0.25, 0.3) is 11.1 Å². The molecule has 47 heavy (non-hydrogen) atoms. The highest BCUT2D eigenvalue weighted by Gasteiger charge is 2.31. The number of nitrogens with zero attached hydrogens (tertiary/aromatic N) is 2. The smallest absolute Gasteiger partial charge is 0.305 e. The van der Waals surface area contributed by atoms with E-state index in [9.17, 15) is 18.0 Å². The number of benzene rings is 2. The molecule has 0 saturated heterocycles. The normalized spacial score (nSPS) is 12.3. The number of sulfonamides is 1. The second-order valence-electron chi connectivity index (χ2n) is 10.9. The summed E-state index contributed by atoms with van der Waals surface area (Å²) in [6.07, 6.45) is 3.92. The summed E-state index contributed by atoms with van der Waals surface area (Å²) >= 11 is 6.32. The first-order valence-electron chi connectivity index (χ1n) is 15.5. The molecule has 0 aliphatic rings. The fourth-order valence-corrected chi connectivity index (χ4v) is 7.03. The van der Waals surface area contributed by atoms with Gasteiger partial charge in [0, 0.05) is 43.0 Å². The van der Waals surface area contributed by atoms with E-state index in [0.29, 0.717) is 56.6 Å². The van der Waals surface area contributed by atoms with E-state index in [1.54, 1.807) is 37.5 Å². The van der Waals surface area contributed by atoms with Gasteiger partial charge in [-0.2, -0.15) is 4.31 Å². The first-order valence-corrected chi connectivity index (χ1v) is 17.3. The van der Waals surface area contributed by atoms with Gasteiger partial charge in [0.15, 0.2) is 0 Å². The van der Waals surface area contributed by atoms with Crippen molar-refractivity contribution in [2.45, 2.75) is 51.0 Å². The molecule has 1 aromatic heterocycles. The van der Waals surface area contributed by atoms with E-state index in [0.717, 1.165) is 22.3 Å². The Balaban J connectivity index is 1.56. The molecule has 0 spiro atoms. The van der Waals surface area contributed by atoms with Crippen LogP contribution in [0.2, 0.25) is 5.02 Å². The average molecular weight is 690 g/mol. The zero-order valence-electron chi connectivity index (χ0n) is 27.1. The summed E-state index contributed by atoms with van der Waals surface area (Å²) in [5, 5.41) is 11.7. The molecule has 1 heterocycles. The minimum Gasteiger partial charge on any atom is -0.481 e. The molecule has 0 radical (unpaired) electrons. The molecule has 0 bridgehead atoms. The van der Waals surface area contributed by atoms with Gasteiger partial charge in [0.05, 0.1) is 51.0 Å². The Morgan fingerprint density at radius 2 is 1.64 bits per heavy atom. The van der Waals surface area contributed by atoms with Crippen molar-refractivity contribution in [2.75, 3.05) is 52.7 Å². The van der Waals surface area contributed by atoms with Crippen molar-refractivity contribution < 1.29 is 37.3 Å². The third kappa shape index (κ3) is 12.0. The van der Waals surface area contributed by atoms with Gasteiger partial charge in [-0.3, -0.25) is 14.6 Å². The highest BCUT2D eigenvalue weighted by Crippen LogP contribution is 2.33. The fraction of sp³-hybridized carbons (Fsp3) is 0.441. The van der Waals surface area contributed by atoms with Gasteiger partial charge < -0.3 is 24.6 Å². The van der Waals surface area contributed by atoms with E-state index in [1.807, 2.05) is 44.2 Å². The van der Waals surface area contributed by atoms with E-state index in [1.165, 1.54) is 4.31 Å². The van der Waals surface area contributed by atoms with Crippen LogP contribution in [0.3, 0.4) is 0 Å². The summed E-state index contributed by atoms with van der Waals surface area (Å²) in [7, 11) is -3.98. The number of amides is 1. The lowest BCUT2D eigenvalue weighted by Gasteiger charge is -2.30. The summed E-state index contributed by atoms with van der Waals surface area (Å²) in [5.41, 5.74) is 4.28. The molecule has 1 amide bonds. The van der Waals surface area contributed by atoms with E-state index in [4.69, 9.17) is 30.9 Å². The quantitative estimate of drug-likeness (QED) is 0.144. The van der Waals surface area contributed by atoms with Crippen LogP contribution in [0, 0.1) is 13.8 Å². The number of pyridine rings is 1. The molecule has 0 aliphatic heterocycles. The second kappa shape index (κ2) is 19.4. The van der Waals surface area contributed by atoms with Crippen LogP contribution in [-0.4, -0.2) is 87.4 Å². The average Bonchev–Trinajstić information content (AvgIpc) is 3.04. The van der Waals surface area contributed by atoms with Crippen LogP contribution in [-0.2, 0) is 33.8 Å². The summed E-state index contributed by atoms with van der Waals surface area (Å²) in [4.78, 5) is 27.3. The number of carbonyl (C=O) groups is 2. The number of carboxylic acids is 1. The molecule has 1 unspecified atom stereocenters. The largest absolute Gasteiger partial charge is 0.481 e. The first kappa shape index (κ1) is 38.1. The molecule has 2 aromatic carbocycles. The van der Waals surface area contributed by atoms with Crippen LogP contribution in [0.5, 0.6) is 0 Å². The van der Waals surface area contributed by atoms with Crippen LogP contribution >= 0.6 is 11.6 Å². The minimum atomic E-state index is -3.98. The predicted molar refractivity (Wildman–Crippen MR) is 180 cm³/mol. The Hall–Kier alpha value is -3.39. The van der Waals surface area contributed by atoms with Crippen molar-refractivity contribution in [3.05, 3.63) is 82.6 Å². The Bertz CT molecular complexity index is 1570. The highest BCUT2D eigenvalue weighted by atomic mass is 35.5. The van der Waals surface area contributed by atoms with Crippen LogP contribution < -0.4 is 5.32 Å². The number of carboxylic acid groups (broad SMARTS) is 1. The standard InChI is InChI=1S/C34H44ClN3O8S/c1-25-24-36-14-12-30(25)29-8-4-7-28(23-29)27(3)38(47(42,43)32-10-5-9-31(35)26(32)2)16-6-11-33(39)37-15-18-45-20-22-46-21-19-44-17-13-34(40)41/h4-5,7-10,12,14,23-24,27H,6,11,13,15-22H2,1-3H3,(H,37,39)(H,40,41). The van der Waals surface area contributed by atoms with Gasteiger partial charge >= 0.3 is 5.97 Å². The second-order valence-corrected chi connectivity index (χ2v) is 13.2. The maximum atomic E-state index is 14.1. The van der Waals surface area contributed by atoms with Gasteiger partial charge in [-0.25, -0.2) is 8.42 Å². The molecule has 13 heteroatoms. The van der Waals surface area contributed by atoms with Crippen molar-refractivity contribution in [3.8, 4) is 11.1 Å². The number of rotatable bonds is 21. The lowest BCUT2D eigenvalue weighted by Crippen LogP contribution is -2.36. The number of halogens is 1. The molecule has 0 aliphatic carbocycles. The van der Waals surface area contributed by atoms with E-state index in [-0.39, 0.29) is 36.8 Å². The van der Waals surface area contributed by atoms with Gasteiger partial charge in [0.1, 0.15) is 0 Å². The minimum absolute atomic E-state index is 0.0458. The van der Waals surface area contributed by atoms with E-state index in [2.05, 4.69) is 10.3 Å². The van der Waals surface area contributed by atoms with Crippen LogP contribution in [0.4, 0.5) is 0 Å². The van der Waals surface area contributed by atoms with E-state index < -0.39 is 22.0 Å². The zero-order chi connectivity index (χ0) is 34.2. The van der Waals surface area contributed by atoms with Crippen molar-refractivity contribution in [2.24, 2.45) is 0 Å². The first-order chi connectivity index (χ1) is 22.5. The predicted octanol–water partition coefficient (Wildman–Crippen LogP) is 5.19. The number of ether oxygens (including phenoxy) is 3. The lowest BCUT2D eigenvalue weighted by atomic mass is 9.98. The van der Waals surface area contributed by atoms with Crippen molar-refractivity contribution in [1.82, 2.24) is 14.6 Å². The summed E-state index contributed by atoms with van der Waals surface area (Å²) in [5.74, 6) is -1.11. The molecule has 1 atom stereocenters. The molecule has 256 valence electrons. The summed E-state index contributed by atoms with van der Waals surface area (Å²) in [6, 6.07) is 14.1. The van der Waals surface area contributed by atoms with Gasteiger partial charge in [0.25, 0.3) is 0 Å².